The number of nitrogens with zero attached hydrogens (tertiary/aromatic N) is 2. The van der Waals surface area contributed by atoms with Crippen LogP contribution in [-0.4, -0.2) is 58.8 Å². The summed E-state index contributed by atoms with van der Waals surface area (Å²) in [6.07, 6.45) is 2.24. The fourth-order valence-corrected chi connectivity index (χ4v) is 4.69. The van der Waals surface area contributed by atoms with E-state index in [0.717, 1.165) is 11.1 Å². The van der Waals surface area contributed by atoms with Gasteiger partial charge in [-0.15, -0.1) is 10.1 Å². The lowest BCUT2D eigenvalue weighted by Gasteiger charge is -2.33. The molecule has 0 spiro atoms. The molecule has 0 unspecified atom stereocenters. The van der Waals surface area contributed by atoms with Crippen molar-refractivity contribution in [2.75, 3.05) is 13.1 Å². The summed E-state index contributed by atoms with van der Waals surface area (Å²) < 4.78 is 0. The van der Waals surface area contributed by atoms with Gasteiger partial charge in [0.2, 0.25) is 0 Å². The van der Waals surface area contributed by atoms with Crippen LogP contribution in [0.15, 0.2) is 60.7 Å². The highest BCUT2D eigenvalue weighted by Crippen LogP contribution is 2.21. The standard InChI is InChI=1S/C28H32N2O6/c31-25-13-15-29(23(19-25)17-21-7-3-1-4-8-21)35-27(33)11-12-28(34)36-30-16-14-26(32)20-24(30)18-22-9-5-2-6-10-22/h1-10,23-24H,11-20H2/t23-,24-/m1/s1. The van der Waals surface area contributed by atoms with E-state index in [-0.39, 0.29) is 36.5 Å². The molecule has 2 aliphatic heterocycles. The summed E-state index contributed by atoms with van der Waals surface area (Å²) in [6, 6.07) is 19.1. The molecule has 2 heterocycles. The Morgan fingerprint density at radius 3 is 1.44 bits per heavy atom. The van der Waals surface area contributed by atoms with Crippen LogP contribution in [-0.2, 0) is 41.7 Å². The van der Waals surface area contributed by atoms with E-state index in [9.17, 15) is 19.2 Å². The third-order valence-corrected chi connectivity index (χ3v) is 6.56. The zero-order valence-corrected chi connectivity index (χ0v) is 20.3. The van der Waals surface area contributed by atoms with Crippen molar-refractivity contribution in [3.63, 3.8) is 0 Å². The molecule has 8 heteroatoms. The Morgan fingerprint density at radius 2 is 1.06 bits per heavy atom. The number of carbonyl (C=O) groups is 4. The van der Waals surface area contributed by atoms with Crippen LogP contribution in [0.3, 0.4) is 0 Å². The first-order chi connectivity index (χ1) is 17.5. The summed E-state index contributed by atoms with van der Waals surface area (Å²) in [5.41, 5.74) is 2.12. The van der Waals surface area contributed by atoms with Gasteiger partial charge in [-0.3, -0.25) is 19.2 Å². The lowest BCUT2D eigenvalue weighted by Crippen LogP contribution is -2.45. The van der Waals surface area contributed by atoms with E-state index in [1.807, 2.05) is 60.7 Å². The molecule has 2 aromatic rings. The Bertz CT molecular complexity index is 973. The van der Waals surface area contributed by atoms with Crippen LogP contribution in [0.4, 0.5) is 0 Å². The summed E-state index contributed by atoms with van der Waals surface area (Å²) in [6.45, 7) is 0.686. The van der Waals surface area contributed by atoms with Crippen molar-refractivity contribution >= 4 is 23.5 Å². The molecule has 2 atom stereocenters. The number of Topliss-reactive ketones (excluding diaryl/α,β-unsaturated/α-hetero) is 2. The molecule has 0 saturated carbocycles. The van der Waals surface area contributed by atoms with Crippen LogP contribution in [0.5, 0.6) is 0 Å². The Hall–Kier alpha value is -3.36. The van der Waals surface area contributed by atoms with E-state index in [2.05, 4.69) is 0 Å². The zero-order valence-electron chi connectivity index (χ0n) is 20.3. The number of piperidine rings is 2. The van der Waals surface area contributed by atoms with Crippen molar-refractivity contribution < 1.29 is 28.9 Å². The van der Waals surface area contributed by atoms with E-state index in [0.29, 0.717) is 51.6 Å². The molecule has 0 N–H and O–H groups in total. The van der Waals surface area contributed by atoms with E-state index < -0.39 is 11.9 Å². The van der Waals surface area contributed by atoms with Gasteiger partial charge in [-0.2, -0.15) is 0 Å². The molecule has 0 bridgehead atoms. The maximum Gasteiger partial charge on any atom is 0.325 e. The molecule has 2 fully saturated rings. The maximum atomic E-state index is 12.5. The third kappa shape index (κ3) is 7.57. The van der Waals surface area contributed by atoms with E-state index in [1.165, 1.54) is 0 Å². The molecule has 0 aromatic heterocycles. The lowest BCUT2D eigenvalue weighted by molar-refractivity contribution is -0.214. The first-order valence-electron chi connectivity index (χ1n) is 12.5. The second kappa shape index (κ2) is 12.6. The van der Waals surface area contributed by atoms with Gasteiger partial charge in [0.05, 0.1) is 24.9 Å². The predicted octanol–water partition coefficient (Wildman–Crippen LogP) is 3.24. The monoisotopic (exact) mass is 492 g/mol. The Morgan fingerprint density at radius 1 is 0.667 bits per heavy atom. The highest BCUT2D eigenvalue weighted by molar-refractivity contribution is 5.81. The van der Waals surface area contributed by atoms with Crippen molar-refractivity contribution in [2.45, 2.75) is 63.5 Å². The quantitative estimate of drug-likeness (QED) is 0.527. The minimum absolute atomic E-state index is 0.128. The number of hydrogen-bond donors (Lipinski definition) is 0. The average Bonchev–Trinajstić information content (AvgIpc) is 2.87. The van der Waals surface area contributed by atoms with E-state index in [1.54, 1.807) is 10.1 Å². The number of carbonyl (C=O) groups excluding carboxylic acids is 4. The van der Waals surface area contributed by atoms with E-state index in [4.69, 9.17) is 9.68 Å². The molecule has 2 saturated heterocycles. The second-order valence-corrected chi connectivity index (χ2v) is 9.38. The average molecular weight is 493 g/mol. The van der Waals surface area contributed by atoms with Gasteiger partial charge < -0.3 is 9.68 Å². The van der Waals surface area contributed by atoms with Crippen molar-refractivity contribution in [2.24, 2.45) is 0 Å². The first kappa shape index (κ1) is 25.7. The van der Waals surface area contributed by atoms with Crippen molar-refractivity contribution in [3.05, 3.63) is 71.8 Å². The molecule has 0 radical (unpaired) electrons. The number of ketones is 2. The van der Waals surface area contributed by atoms with Gasteiger partial charge in [0, 0.05) is 38.8 Å². The summed E-state index contributed by atoms with van der Waals surface area (Å²) in [7, 11) is 0. The van der Waals surface area contributed by atoms with Gasteiger partial charge in [-0.05, 0) is 24.0 Å². The Kier molecular flexibility index (Phi) is 8.97. The molecule has 36 heavy (non-hydrogen) atoms. The fourth-order valence-electron chi connectivity index (χ4n) is 4.69. The summed E-state index contributed by atoms with van der Waals surface area (Å²) in [5, 5.41) is 3.16. The molecular formula is C28H32N2O6. The maximum absolute atomic E-state index is 12.5. The normalized spacial score (nSPS) is 21.2. The molecule has 8 nitrogen and oxygen atoms in total. The second-order valence-electron chi connectivity index (χ2n) is 9.38. The number of hydrogen-bond acceptors (Lipinski definition) is 8. The fraction of sp³-hybridized carbons (Fsp3) is 0.429. The molecule has 2 aliphatic rings. The Labute approximate surface area is 211 Å². The van der Waals surface area contributed by atoms with E-state index >= 15 is 0 Å². The number of benzene rings is 2. The first-order valence-corrected chi connectivity index (χ1v) is 12.5. The van der Waals surface area contributed by atoms with Crippen molar-refractivity contribution in [3.8, 4) is 0 Å². The van der Waals surface area contributed by atoms with Gasteiger partial charge in [0.15, 0.2) is 0 Å². The van der Waals surface area contributed by atoms with Crippen molar-refractivity contribution in [1.29, 1.82) is 0 Å². The van der Waals surface area contributed by atoms with Crippen LogP contribution in [0.2, 0.25) is 0 Å². The number of hydroxylamine groups is 4. The minimum atomic E-state index is -0.533. The summed E-state index contributed by atoms with van der Waals surface area (Å²) in [5.74, 6) is -0.767. The third-order valence-electron chi connectivity index (χ3n) is 6.56. The molecule has 0 aliphatic carbocycles. The molecule has 2 aromatic carbocycles. The largest absolute Gasteiger partial charge is 0.368 e. The molecular weight excluding hydrogens is 460 g/mol. The van der Waals surface area contributed by atoms with Gasteiger partial charge in [-0.1, -0.05) is 60.7 Å². The van der Waals surface area contributed by atoms with Gasteiger partial charge in [0.25, 0.3) is 0 Å². The van der Waals surface area contributed by atoms with Crippen LogP contribution in [0, 0.1) is 0 Å². The molecule has 190 valence electrons. The smallest absolute Gasteiger partial charge is 0.325 e. The predicted molar refractivity (Wildman–Crippen MR) is 131 cm³/mol. The molecule has 0 amide bonds. The zero-order chi connectivity index (χ0) is 25.3. The highest BCUT2D eigenvalue weighted by Gasteiger charge is 2.32. The van der Waals surface area contributed by atoms with Crippen LogP contribution >= 0.6 is 0 Å². The summed E-state index contributed by atoms with van der Waals surface area (Å²) in [4.78, 5) is 60.2. The van der Waals surface area contributed by atoms with Crippen LogP contribution in [0.1, 0.15) is 49.7 Å². The molecule has 4 rings (SSSR count). The van der Waals surface area contributed by atoms with Gasteiger partial charge >= 0.3 is 11.9 Å². The number of rotatable bonds is 9. The lowest BCUT2D eigenvalue weighted by atomic mass is 9.96. The van der Waals surface area contributed by atoms with Crippen molar-refractivity contribution in [1.82, 2.24) is 10.1 Å². The summed E-state index contributed by atoms with van der Waals surface area (Å²) >= 11 is 0. The van der Waals surface area contributed by atoms with Gasteiger partial charge in [0.1, 0.15) is 11.6 Å². The Balaban J connectivity index is 1.26. The SMILES string of the molecule is O=C1CCN(OC(=O)CCC(=O)ON2CCC(=O)C[C@H]2Cc2ccccc2)[C@H](Cc2ccccc2)C1. The van der Waals surface area contributed by atoms with Crippen LogP contribution < -0.4 is 0 Å². The minimum Gasteiger partial charge on any atom is -0.368 e. The van der Waals surface area contributed by atoms with Gasteiger partial charge in [-0.25, -0.2) is 0 Å². The van der Waals surface area contributed by atoms with Crippen LogP contribution in [0.25, 0.3) is 0 Å². The topological polar surface area (TPSA) is 93.2 Å². The highest BCUT2D eigenvalue weighted by atomic mass is 16.7.